The SMILES string of the molecule is Cc1cccc2cccc(N3CCc4c(nc(S(C)=O)nc4N4CCN(C(=O)O)[C@@H](CC#N)C4)C3)c12. The smallest absolute Gasteiger partial charge is 0.407 e. The second-order valence-electron chi connectivity index (χ2n) is 9.27. The highest BCUT2D eigenvalue weighted by molar-refractivity contribution is 7.84. The Balaban J connectivity index is 1.52. The van der Waals surface area contributed by atoms with E-state index < -0.39 is 22.9 Å². The van der Waals surface area contributed by atoms with Gasteiger partial charge in [0.25, 0.3) is 0 Å². The number of hydrogen-bond acceptors (Lipinski definition) is 7. The molecule has 1 unspecified atom stereocenters. The monoisotopic (exact) mass is 504 g/mol. The van der Waals surface area contributed by atoms with Gasteiger partial charge < -0.3 is 19.8 Å². The number of piperazine rings is 1. The highest BCUT2D eigenvalue weighted by Crippen LogP contribution is 2.35. The number of amides is 1. The van der Waals surface area contributed by atoms with Crippen LogP contribution in [0.4, 0.5) is 16.3 Å². The lowest BCUT2D eigenvalue weighted by molar-refractivity contribution is 0.119. The largest absolute Gasteiger partial charge is 0.465 e. The Morgan fingerprint density at radius 3 is 2.67 bits per heavy atom. The standard InChI is InChI=1S/C26H28N6O3S/c1-17-5-3-6-18-7-4-8-22(23(17)18)30-12-10-20-21(16-30)28-25(36(2)35)29-24(20)31-13-14-32(26(33)34)19(15-31)9-11-27/h3-8,19H,9-10,12-16H2,1-2H3,(H,33,34)/t19-,36?/m0/s1. The summed E-state index contributed by atoms with van der Waals surface area (Å²) < 4.78 is 12.5. The summed E-state index contributed by atoms with van der Waals surface area (Å²) in [6, 6.07) is 14.3. The Morgan fingerprint density at radius 2 is 1.94 bits per heavy atom. The fourth-order valence-corrected chi connectivity index (χ4v) is 5.79. The van der Waals surface area contributed by atoms with Crippen molar-refractivity contribution in [3.05, 3.63) is 53.2 Å². The Morgan fingerprint density at radius 1 is 1.17 bits per heavy atom. The van der Waals surface area contributed by atoms with Gasteiger partial charge in [0.2, 0.25) is 5.16 Å². The van der Waals surface area contributed by atoms with Gasteiger partial charge in [-0.1, -0.05) is 30.3 Å². The summed E-state index contributed by atoms with van der Waals surface area (Å²) in [7, 11) is -1.37. The van der Waals surface area contributed by atoms with Crippen LogP contribution in [0.15, 0.2) is 41.6 Å². The Labute approximate surface area is 212 Å². The molecule has 0 radical (unpaired) electrons. The van der Waals surface area contributed by atoms with Gasteiger partial charge in [-0.25, -0.2) is 14.8 Å². The molecular formula is C26H28N6O3S. The molecule has 1 aromatic heterocycles. The second kappa shape index (κ2) is 9.74. The van der Waals surface area contributed by atoms with Gasteiger partial charge in [0.05, 0.1) is 41.6 Å². The number of nitriles is 1. The first-order chi connectivity index (χ1) is 17.4. The summed E-state index contributed by atoms with van der Waals surface area (Å²) in [6.45, 7) is 4.58. The summed E-state index contributed by atoms with van der Waals surface area (Å²) in [6.07, 6.45) is 1.37. The lowest BCUT2D eigenvalue weighted by atomic mass is 9.99. The number of anilines is 2. The quantitative estimate of drug-likeness (QED) is 0.539. The molecule has 1 fully saturated rings. The van der Waals surface area contributed by atoms with Crippen molar-refractivity contribution < 1.29 is 14.1 Å². The molecule has 3 heterocycles. The fraction of sp³-hybridized carbons (Fsp3) is 0.385. The van der Waals surface area contributed by atoms with E-state index in [1.165, 1.54) is 21.2 Å². The number of fused-ring (bicyclic) bond motifs is 2. The van der Waals surface area contributed by atoms with Crippen molar-refractivity contribution in [2.45, 2.75) is 37.5 Å². The number of hydrogen-bond donors (Lipinski definition) is 1. The summed E-state index contributed by atoms with van der Waals surface area (Å²) >= 11 is 0. The van der Waals surface area contributed by atoms with E-state index in [0.717, 1.165) is 23.5 Å². The number of carboxylic acid groups (broad SMARTS) is 1. The van der Waals surface area contributed by atoms with Gasteiger partial charge in [-0.15, -0.1) is 0 Å². The van der Waals surface area contributed by atoms with Gasteiger partial charge in [0.15, 0.2) is 0 Å². The van der Waals surface area contributed by atoms with Crippen molar-refractivity contribution in [1.29, 1.82) is 5.26 Å². The number of carbonyl (C=O) groups is 1. The normalized spacial score (nSPS) is 18.6. The van der Waals surface area contributed by atoms with Crippen LogP contribution in [0.2, 0.25) is 0 Å². The van der Waals surface area contributed by atoms with E-state index >= 15 is 0 Å². The van der Waals surface area contributed by atoms with E-state index in [-0.39, 0.29) is 18.1 Å². The molecule has 0 saturated carbocycles. The second-order valence-corrected chi connectivity index (χ2v) is 10.5. The van der Waals surface area contributed by atoms with Crippen molar-refractivity contribution in [2.75, 3.05) is 42.2 Å². The highest BCUT2D eigenvalue weighted by atomic mass is 32.2. The summed E-state index contributed by atoms with van der Waals surface area (Å²) in [5, 5.41) is 21.5. The van der Waals surface area contributed by atoms with E-state index in [4.69, 9.17) is 4.98 Å². The van der Waals surface area contributed by atoms with E-state index in [0.29, 0.717) is 31.9 Å². The van der Waals surface area contributed by atoms with Crippen LogP contribution in [0.25, 0.3) is 10.8 Å². The summed E-state index contributed by atoms with van der Waals surface area (Å²) in [4.78, 5) is 26.7. The molecule has 0 aliphatic carbocycles. The molecule has 9 nitrogen and oxygen atoms in total. The zero-order valence-electron chi connectivity index (χ0n) is 20.3. The predicted octanol–water partition coefficient (Wildman–Crippen LogP) is 3.32. The average Bonchev–Trinajstić information content (AvgIpc) is 2.87. The molecule has 2 aliphatic heterocycles. The van der Waals surface area contributed by atoms with Crippen molar-refractivity contribution in [3.63, 3.8) is 0 Å². The Hall–Kier alpha value is -3.71. The topological polar surface area (TPSA) is 114 Å². The minimum atomic E-state index is -1.37. The van der Waals surface area contributed by atoms with Gasteiger partial charge in [-0.05, 0) is 30.4 Å². The van der Waals surface area contributed by atoms with Crippen LogP contribution in [0.5, 0.6) is 0 Å². The van der Waals surface area contributed by atoms with Gasteiger partial charge in [-0.3, -0.25) is 4.21 Å². The number of aromatic nitrogens is 2. The van der Waals surface area contributed by atoms with Crippen LogP contribution in [0.3, 0.4) is 0 Å². The molecule has 3 aromatic rings. The lowest BCUT2D eigenvalue weighted by Crippen LogP contribution is -2.55. The average molecular weight is 505 g/mol. The molecule has 2 aromatic carbocycles. The minimum absolute atomic E-state index is 0.108. The highest BCUT2D eigenvalue weighted by Gasteiger charge is 2.34. The molecule has 2 atom stereocenters. The fourth-order valence-electron chi connectivity index (χ4n) is 5.33. The first kappa shape index (κ1) is 24.0. The zero-order chi connectivity index (χ0) is 25.4. The molecule has 1 N–H and O–H groups in total. The Kier molecular flexibility index (Phi) is 6.49. The van der Waals surface area contributed by atoms with Crippen molar-refractivity contribution in [3.8, 4) is 6.07 Å². The lowest BCUT2D eigenvalue weighted by Gasteiger charge is -2.41. The molecule has 2 aliphatic rings. The van der Waals surface area contributed by atoms with Crippen LogP contribution in [0.1, 0.15) is 23.2 Å². The van der Waals surface area contributed by atoms with Crippen LogP contribution in [0, 0.1) is 18.3 Å². The summed E-state index contributed by atoms with van der Waals surface area (Å²) in [5.74, 6) is 0.715. The van der Waals surface area contributed by atoms with Crippen LogP contribution < -0.4 is 9.80 Å². The van der Waals surface area contributed by atoms with Crippen LogP contribution in [-0.4, -0.2) is 68.8 Å². The third-order valence-corrected chi connectivity index (χ3v) is 7.76. The first-order valence-corrected chi connectivity index (χ1v) is 13.5. The molecular weight excluding hydrogens is 476 g/mol. The summed E-state index contributed by atoms with van der Waals surface area (Å²) in [5.41, 5.74) is 4.23. The maximum Gasteiger partial charge on any atom is 0.407 e. The maximum absolute atomic E-state index is 12.5. The van der Waals surface area contributed by atoms with E-state index in [2.05, 4.69) is 59.3 Å². The third-order valence-electron chi connectivity index (χ3n) is 7.07. The van der Waals surface area contributed by atoms with Gasteiger partial charge in [-0.2, -0.15) is 5.26 Å². The maximum atomic E-state index is 12.5. The van der Waals surface area contributed by atoms with Crippen molar-refractivity contribution in [1.82, 2.24) is 14.9 Å². The first-order valence-electron chi connectivity index (χ1n) is 12.0. The zero-order valence-corrected chi connectivity index (χ0v) is 21.2. The van der Waals surface area contributed by atoms with Crippen molar-refractivity contribution >= 4 is 39.2 Å². The van der Waals surface area contributed by atoms with Gasteiger partial charge in [0.1, 0.15) is 5.82 Å². The van der Waals surface area contributed by atoms with Crippen molar-refractivity contribution in [2.24, 2.45) is 0 Å². The number of aryl methyl sites for hydroxylation is 1. The number of benzene rings is 2. The molecule has 36 heavy (non-hydrogen) atoms. The Bertz CT molecular complexity index is 1400. The molecule has 1 saturated heterocycles. The minimum Gasteiger partial charge on any atom is -0.465 e. The third kappa shape index (κ3) is 4.35. The molecule has 1 amide bonds. The van der Waals surface area contributed by atoms with Gasteiger partial charge >= 0.3 is 6.09 Å². The molecule has 186 valence electrons. The molecule has 5 rings (SSSR count). The molecule has 0 bridgehead atoms. The number of nitrogens with zero attached hydrogens (tertiary/aromatic N) is 6. The van der Waals surface area contributed by atoms with Crippen LogP contribution >= 0.6 is 0 Å². The van der Waals surface area contributed by atoms with Crippen LogP contribution in [-0.2, 0) is 23.8 Å². The molecule has 10 heteroatoms. The number of rotatable bonds is 4. The van der Waals surface area contributed by atoms with Gasteiger partial charge in [0, 0.05) is 49.1 Å². The van der Waals surface area contributed by atoms with E-state index in [9.17, 15) is 19.4 Å². The molecule has 0 spiro atoms. The predicted molar refractivity (Wildman–Crippen MR) is 139 cm³/mol. The van der Waals surface area contributed by atoms with E-state index in [1.807, 2.05) is 4.90 Å². The van der Waals surface area contributed by atoms with E-state index in [1.54, 1.807) is 6.26 Å².